The first kappa shape index (κ1) is 9.32. The minimum absolute atomic E-state index is 0.00278. The first-order valence-electron chi connectivity index (χ1n) is 3.70. The van der Waals surface area contributed by atoms with Crippen LogP contribution in [0.3, 0.4) is 0 Å². The number of hydrogen-bond donors (Lipinski definition) is 1. The Bertz CT molecular complexity index is 342. The molecule has 0 aliphatic carbocycles. The van der Waals surface area contributed by atoms with Gasteiger partial charge in [0.15, 0.2) is 11.5 Å². The Kier molecular flexibility index (Phi) is 2.69. The van der Waals surface area contributed by atoms with Crippen molar-refractivity contribution in [2.75, 3.05) is 7.11 Å². The number of phenols is 1. The molecule has 0 aliphatic rings. The van der Waals surface area contributed by atoms with Crippen molar-refractivity contribution in [3.8, 4) is 11.5 Å². The van der Waals surface area contributed by atoms with E-state index in [1.165, 1.54) is 13.2 Å². The molecule has 3 nitrogen and oxygen atoms in total. The lowest BCUT2D eigenvalue weighted by atomic mass is 10.1. The van der Waals surface area contributed by atoms with Gasteiger partial charge in [0.1, 0.15) is 6.29 Å². The molecule has 0 aromatic heterocycles. The summed E-state index contributed by atoms with van der Waals surface area (Å²) in [5.74, 6) is 0.380. The van der Waals surface area contributed by atoms with E-state index >= 15 is 0 Å². The second-order valence-electron chi connectivity index (χ2n) is 2.53. The third-order valence-corrected chi connectivity index (χ3v) is 1.69. The van der Waals surface area contributed by atoms with E-state index in [1.54, 1.807) is 12.1 Å². The van der Waals surface area contributed by atoms with Gasteiger partial charge in [-0.15, -0.1) is 0 Å². The van der Waals surface area contributed by atoms with Gasteiger partial charge in [-0.05, 0) is 17.7 Å². The average molecular weight is 178 g/mol. The lowest BCUT2D eigenvalue weighted by Crippen LogP contribution is -1.87. The second-order valence-corrected chi connectivity index (χ2v) is 2.53. The average Bonchev–Trinajstić information content (AvgIpc) is 2.16. The Morgan fingerprint density at radius 1 is 1.62 bits per heavy atom. The molecular formula is C10H10O3. The summed E-state index contributed by atoms with van der Waals surface area (Å²) in [6.07, 6.45) is 0.640. The summed E-state index contributed by atoms with van der Waals surface area (Å²) < 4.78 is 4.85. The molecule has 0 aliphatic heterocycles. The molecule has 1 aromatic carbocycles. The van der Waals surface area contributed by atoms with E-state index in [1.807, 2.05) is 0 Å². The Balaban J connectivity index is 3.09. The normalized spacial score (nSPS) is 9.31. The third-order valence-electron chi connectivity index (χ3n) is 1.69. The number of hydrogen-bond acceptors (Lipinski definition) is 3. The third kappa shape index (κ3) is 1.87. The molecule has 0 fully saturated rings. The van der Waals surface area contributed by atoms with Gasteiger partial charge < -0.3 is 9.84 Å². The van der Waals surface area contributed by atoms with Gasteiger partial charge in [0, 0.05) is 5.57 Å². The van der Waals surface area contributed by atoms with E-state index in [9.17, 15) is 9.90 Å². The number of allylic oxidation sites excluding steroid dienone is 1. The monoisotopic (exact) mass is 178 g/mol. The summed E-state index contributed by atoms with van der Waals surface area (Å²) in [5, 5.41) is 9.35. The Morgan fingerprint density at radius 2 is 2.31 bits per heavy atom. The predicted octanol–water partition coefficient (Wildman–Crippen LogP) is 1.61. The van der Waals surface area contributed by atoms with Crippen LogP contribution in [-0.4, -0.2) is 18.5 Å². The first-order valence-corrected chi connectivity index (χ1v) is 3.70. The van der Waals surface area contributed by atoms with E-state index in [2.05, 4.69) is 6.58 Å². The summed E-state index contributed by atoms with van der Waals surface area (Å²) in [6, 6.07) is 4.68. The fourth-order valence-electron chi connectivity index (χ4n) is 0.958. The molecule has 0 atom stereocenters. The lowest BCUT2D eigenvalue weighted by molar-refractivity contribution is -0.103. The SMILES string of the molecule is C=C(C=O)c1ccc(OC)c(O)c1. The smallest absolute Gasteiger partial charge is 0.160 e. The molecule has 0 unspecified atom stereocenters. The quantitative estimate of drug-likeness (QED) is 0.565. The fraction of sp³-hybridized carbons (Fsp3) is 0.100. The summed E-state index contributed by atoms with van der Waals surface area (Å²) in [7, 11) is 1.46. The van der Waals surface area contributed by atoms with Crippen molar-refractivity contribution in [2.24, 2.45) is 0 Å². The van der Waals surface area contributed by atoms with Crippen molar-refractivity contribution in [1.29, 1.82) is 0 Å². The number of carbonyl (C=O) groups is 1. The first-order chi connectivity index (χ1) is 6.19. The topological polar surface area (TPSA) is 46.5 Å². The standard InChI is InChI=1S/C10H10O3/c1-7(6-11)8-3-4-10(13-2)9(12)5-8/h3-6,12H,1H2,2H3. The molecule has 0 heterocycles. The van der Waals surface area contributed by atoms with Crippen molar-refractivity contribution in [1.82, 2.24) is 0 Å². The summed E-state index contributed by atoms with van der Waals surface area (Å²) >= 11 is 0. The number of aldehydes is 1. The second kappa shape index (κ2) is 3.76. The van der Waals surface area contributed by atoms with Crippen LogP contribution in [0.4, 0.5) is 0 Å². The highest BCUT2D eigenvalue weighted by atomic mass is 16.5. The van der Waals surface area contributed by atoms with Crippen LogP contribution in [0.25, 0.3) is 5.57 Å². The highest BCUT2D eigenvalue weighted by Crippen LogP contribution is 2.28. The summed E-state index contributed by atoms with van der Waals surface area (Å²) in [4.78, 5) is 10.4. The Labute approximate surface area is 76.3 Å². The molecular weight excluding hydrogens is 168 g/mol. The van der Waals surface area contributed by atoms with Crippen LogP contribution in [0.2, 0.25) is 0 Å². The number of rotatable bonds is 3. The van der Waals surface area contributed by atoms with Gasteiger partial charge in [-0.1, -0.05) is 12.6 Å². The van der Waals surface area contributed by atoms with Crippen LogP contribution in [-0.2, 0) is 4.79 Å². The zero-order valence-electron chi connectivity index (χ0n) is 7.28. The Hall–Kier alpha value is -1.77. The molecule has 1 rings (SSSR count). The highest BCUT2D eigenvalue weighted by molar-refractivity contribution is 6.05. The van der Waals surface area contributed by atoms with Crippen LogP contribution in [0.5, 0.6) is 11.5 Å². The van der Waals surface area contributed by atoms with E-state index in [4.69, 9.17) is 4.74 Å². The molecule has 0 bridgehead atoms. The van der Waals surface area contributed by atoms with Crippen LogP contribution in [0.15, 0.2) is 24.8 Å². The number of aromatic hydroxyl groups is 1. The number of benzene rings is 1. The van der Waals surface area contributed by atoms with Crippen LogP contribution in [0.1, 0.15) is 5.56 Å². The maximum absolute atomic E-state index is 10.4. The molecule has 68 valence electrons. The van der Waals surface area contributed by atoms with Crippen LogP contribution < -0.4 is 4.74 Å². The van der Waals surface area contributed by atoms with Gasteiger partial charge in [0.05, 0.1) is 7.11 Å². The van der Waals surface area contributed by atoms with Gasteiger partial charge in [-0.25, -0.2) is 0 Å². The molecule has 0 spiro atoms. The van der Waals surface area contributed by atoms with E-state index in [0.29, 0.717) is 23.2 Å². The minimum atomic E-state index is 0.00278. The van der Waals surface area contributed by atoms with Crippen molar-refractivity contribution >= 4 is 11.9 Å². The zero-order valence-corrected chi connectivity index (χ0v) is 7.28. The molecule has 1 N–H and O–H groups in total. The summed E-state index contributed by atoms with van der Waals surface area (Å²) in [6.45, 7) is 3.52. The van der Waals surface area contributed by atoms with Gasteiger partial charge in [-0.3, -0.25) is 4.79 Å². The predicted molar refractivity (Wildman–Crippen MR) is 49.8 cm³/mol. The van der Waals surface area contributed by atoms with Crippen LogP contribution >= 0.6 is 0 Å². The van der Waals surface area contributed by atoms with Crippen molar-refractivity contribution in [2.45, 2.75) is 0 Å². The largest absolute Gasteiger partial charge is 0.504 e. The summed E-state index contributed by atoms with van der Waals surface area (Å²) in [5.41, 5.74) is 0.922. The minimum Gasteiger partial charge on any atom is -0.504 e. The van der Waals surface area contributed by atoms with E-state index in [-0.39, 0.29) is 5.75 Å². The maximum Gasteiger partial charge on any atom is 0.160 e. The molecule has 3 heteroatoms. The zero-order chi connectivity index (χ0) is 9.84. The van der Waals surface area contributed by atoms with Gasteiger partial charge in [-0.2, -0.15) is 0 Å². The Morgan fingerprint density at radius 3 is 2.77 bits per heavy atom. The molecule has 0 saturated heterocycles. The van der Waals surface area contributed by atoms with E-state index < -0.39 is 0 Å². The lowest BCUT2D eigenvalue weighted by Gasteiger charge is -2.04. The molecule has 13 heavy (non-hydrogen) atoms. The van der Waals surface area contributed by atoms with Crippen molar-refractivity contribution in [3.63, 3.8) is 0 Å². The number of ether oxygens (including phenoxy) is 1. The fourth-order valence-corrected chi connectivity index (χ4v) is 0.958. The molecule has 0 amide bonds. The van der Waals surface area contributed by atoms with Crippen LogP contribution in [0, 0.1) is 0 Å². The van der Waals surface area contributed by atoms with Crippen molar-refractivity contribution < 1.29 is 14.6 Å². The van der Waals surface area contributed by atoms with Gasteiger partial charge in [0.25, 0.3) is 0 Å². The molecule has 1 aromatic rings. The van der Waals surface area contributed by atoms with E-state index in [0.717, 1.165) is 0 Å². The highest BCUT2D eigenvalue weighted by Gasteiger charge is 2.03. The van der Waals surface area contributed by atoms with Gasteiger partial charge in [0.2, 0.25) is 0 Å². The van der Waals surface area contributed by atoms with Crippen molar-refractivity contribution in [3.05, 3.63) is 30.3 Å². The molecule has 0 radical (unpaired) electrons. The number of methoxy groups -OCH3 is 1. The number of carbonyl (C=O) groups excluding carboxylic acids is 1. The van der Waals surface area contributed by atoms with Gasteiger partial charge >= 0.3 is 0 Å². The number of phenolic OH excluding ortho intramolecular Hbond substituents is 1. The maximum atomic E-state index is 10.4. The molecule has 0 saturated carbocycles.